The molecule has 0 bridgehead atoms. The lowest BCUT2D eigenvalue weighted by Gasteiger charge is -2.12. The van der Waals surface area contributed by atoms with Crippen molar-refractivity contribution in [2.24, 2.45) is 0 Å². The number of nitrogens with zero attached hydrogens (tertiary/aromatic N) is 2. The van der Waals surface area contributed by atoms with Gasteiger partial charge < -0.3 is 4.74 Å². The van der Waals surface area contributed by atoms with E-state index in [4.69, 9.17) is 4.74 Å². The van der Waals surface area contributed by atoms with Crippen molar-refractivity contribution in [2.75, 3.05) is 7.11 Å². The molecule has 118 valence electrons. The summed E-state index contributed by atoms with van der Waals surface area (Å²) < 4.78 is 44.7. The molecule has 1 heterocycles. The predicted octanol–water partition coefficient (Wildman–Crippen LogP) is 4.63. The first-order valence-electron chi connectivity index (χ1n) is 6.89. The van der Waals surface area contributed by atoms with Crippen LogP contribution in [0.4, 0.5) is 13.2 Å². The summed E-state index contributed by atoms with van der Waals surface area (Å²) in [4.78, 5) is 8.53. The second-order valence-corrected chi connectivity index (χ2v) is 5.06. The normalized spacial score (nSPS) is 11.7. The lowest BCUT2D eigenvalue weighted by atomic mass is 10.1. The van der Waals surface area contributed by atoms with E-state index < -0.39 is 11.7 Å². The van der Waals surface area contributed by atoms with Crippen molar-refractivity contribution in [3.05, 3.63) is 53.7 Å². The third-order valence-electron chi connectivity index (χ3n) is 3.52. The number of hydrogen-bond acceptors (Lipinski definition) is 3. The summed E-state index contributed by atoms with van der Waals surface area (Å²) in [5.41, 5.74) is 0.922. The molecule has 3 nitrogen and oxygen atoms in total. The number of hydrogen-bond donors (Lipinski definition) is 0. The first-order chi connectivity index (χ1) is 10.9. The fourth-order valence-corrected chi connectivity index (χ4v) is 2.44. The number of alkyl halides is 3. The van der Waals surface area contributed by atoms with E-state index in [9.17, 15) is 13.2 Å². The number of benzene rings is 2. The SMILES string of the molecule is COc1cccc(-c2nc3c(C(F)(F)F)cccc3nc2C)c1. The van der Waals surface area contributed by atoms with Crippen molar-refractivity contribution >= 4 is 11.0 Å². The molecule has 0 atom stereocenters. The van der Waals surface area contributed by atoms with Gasteiger partial charge in [0.1, 0.15) is 11.3 Å². The standard InChI is InChI=1S/C17H13F3N2O/c1-10-15(11-5-3-6-12(9-11)23-2)22-16-13(17(18,19)20)7-4-8-14(16)21-10/h3-9H,1-2H3. The molecule has 6 heteroatoms. The van der Waals surface area contributed by atoms with Gasteiger partial charge in [-0.15, -0.1) is 0 Å². The van der Waals surface area contributed by atoms with Gasteiger partial charge in [-0.05, 0) is 31.2 Å². The zero-order chi connectivity index (χ0) is 16.6. The highest BCUT2D eigenvalue weighted by molar-refractivity contribution is 5.82. The Labute approximate surface area is 130 Å². The van der Waals surface area contributed by atoms with E-state index in [1.807, 2.05) is 0 Å². The van der Waals surface area contributed by atoms with Gasteiger partial charge in [-0.1, -0.05) is 18.2 Å². The molecule has 3 aromatic rings. The maximum atomic E-state index is 13.2. The fraction of sp³-hybridized carbons (Fsp3) is 0.176. The summed E-state index contributed by atoms with van der Waals surface area (Å²) in [5.74, 6) is 0.605. The zero-order valence-electron chi connectivity index (χ0n) is 12.5. The molecule has 3 rings (SSSR count). The van der Waals surface area contributed by atoms with E-state index >= 15 is 0 Å². The third-order valence-corrected chi connectivity index (χ3v) is 3.52. The van der Waals surface area contributed by atoms with Crippen LogP contribution in [0.2, 0.25) is 0 Å². The lowest BCUT2D eigenvalue weighted by Crippen LogP contribution is -2.08. The summed E-state index contributed by atoms with van der Waals surface area (Å²) in [6, 6.07) is 10.9. The Morgan fingerprint density at radius 2 is 1.74 bits per heavy atom. The second-order valence-electron chi connectivity index (χ2n) is 5.06. The van der Waals surface area contributed by atoms with Crippen molar-refractivity contribution in [2.45, 2.75) is 13.1 Å². The van der Waals surface area contributed by atoms with Gasteiger partial charge in [0.15, 0.2) is 0 Å². The van der Waals surface area contributed by atoms with Gasteiger partial charge in [0.2, 0.25) is 0 Å². The summed E-state index contributed by atoms with van der Waals surface area (Å²) in [6.07, 6.45) is -4.48. The van der Waals surface area contributed by atoms with Crippen molar-refractivity contribution < 1.29 is 17.9 Å². The summed E-state index contributed by atoms with van der Waals surface area (Å²) in [5, 5.41) is 0. The fourth-order valence-electron chi connectivity index (χ4n) is 2.44. The molecule has 0 spiro atoms. The Kier molecular flexibility index (Phi) is 3.67. The molecule has 0 aliphatic rings. The predicted molar refractivity (Wildman–Crippen MR) is 81.3 cm³/mol. The monoisotopic (exact) mass is 318 g/mol. The molecule has 0 aliphatic heterocycles. The average molecular weight is 318 g/mol. The Morgan fingerprint density at radius 1 is 1.00 bits per heavy atom. The number of rotatable bonds is 2. The van der Waals surface area contributed by atoms with Crippen LogP contribution in [0.25, 0.3) is 22.3 Å². The van der Waals surface area contributed by atoms with Crippen LogP contribution in [0, 0.1) is 6.92 Å². The Morgan fingerprint density at radius 3 is 2.43 bits per heavy atom. The number of halogens is 3. The molecular formula is C17H13F3N2O. The van der Waals surface area contributed by atoms with Crippen molar-refractivity contribution in [3.8, 4) is 17.0 Å². The Balaban J connectivity index is 2.27. The van der Waals surface area contributed by atoms with E-state index in [1.165, 1.54) is 19.2 Å². The third kappa shape index (κ3) is 2.84. The molecular weight excluding hydrogens is 305 g/mol. The first kappa shape index (κ1) is 15.3. The smallest absolute Gasteiger partial charge is 0.418 e. The van der Waals surface area contributed by atoms with Crippen LogP contribution in [0.3, 0.4) is 0 Å². The van der Waals surface area contributed by atoms with Crippen molar-refractivity contribution in [1.82, 2.24) is 9.97 Å². The van der Waals surface area contributed by atoms with Gasteiger partial charge in [0.25, 0.3) is 0 Å². The van der Waals surface area contributed by atoms with Gasteiger partial charge in [0.05, 0.1) is 29.6 Å². The Hall–Kier alpha value is -2.63. The average Bonchev–Trinajstić information content (AvgIpc) is 2.52. The lowest BCUT2D eigenvalue weighted by molar-refractivity contribution is -0.136. The van der Waals surface area contributed by atoms with Crippen LogP contribution < -0.4 is 4.74 Å². The molecule has 0 radical (unpaired) electrons. The minimum Gasteiger partial charge on any atom is -0.497 e. The largest absolute Gasteiger partial charge is 0.497 e. The van der Waals surface area contributed by atoms with E-state index in [-0.39, 0.29) is 11.0 Å². The van der Waals surface area contributed by atoms with Crippen LogP contribution in [-0.2, 0) is 6.18 Å². The topological polar surface area (TPSA) is 35.0 Å². The molecule has 0 fully saturated rings. The molecule has 2 aromatic carbocycles. The van der Waals surface area contributed by atoms with Gasteiger partial charge in [-0.25, -0.2) is 9.97 Å². The molecule has 0 aliphatic carbocycles. The van der Waals surface area contributed by atoms with Gasteiger partial charge >= 0.3 is 6.18 Å². The number of aromatic nitrogens is 2. The molecule has 0 amide bonds. The number of aryl methyl sites for hydroxylation is 1. The molecule has 0 unspecified atom stereocenters. The number of fused-ring (bicyclic) bond motifs is 1. The highest BCUT2D eigenvalue weighted by Gasteiger charge is 2.33. The van der Waals surface area contributed by atoms with E-state index in [0.29, 0.717) is 22.7 Å². The maximum absolute atomic E-state index is 13.2. The molecule has 1 aromatic heterocycles. The van der Waals surface area contributed by atoms with Crippen LogP contribution >= 0.6 is 0 Å². The minimum atomic E-state index is -4.48. The summed E-state index contributed by atoms with van der Waals surface area (Å²) >= 11 is 0. The highest BCUT2D eigenvalue weighted by Crippen LogP contribution is 2.35. The maximum Gasteiger partial charge on any atom is 0.418 e. The molecule has 0 saturated carbocycles. The summed E-state index contributed by atoms with van der Waals surface area (Å²) in [6.45, 7) is 1.72. The second kappa shape index (κ2) is 5.53. The van der Waals surface area contributed by atoms with Crippen LogP contribution in [-0.4, -0.2) is 17.1 Å². The first-order valence-corrected chi connectivity index (χ1v) is 6.89. The van der Waals surface area contributed by atoms with E-state index in [1.54, 1.807) is 31.2 Å². The van der Waals surface area contributed by atoms with Gasteiger partial charge in [-0.2, -0.15) is 13.2 Å². The summed E-state index contributed by atoms with van der Waals surface area (Å²) in [7, 11) is 1.53. The molecule has 0 saturated heterocycles. The number of ether oxygens (including phenoxy) is 1. The van der Waals surface area contributed by atoms with Gasteiger partial charge in [-0.3, -0.25) is 0 Å². The quantitative estimate of drug-likeness (QED) is 0.691. The van der Waals surface area contributed by atoms with Crippen LogP contribution in [0.15, 0.2) is 42.5 Å². The number of methoxy groups -OCH3 is 1. The van der Waals surface area contributed by atoms with Crippen LogP contribution in [0.1, 0.15) is 11.3 Å². The van der Waals surface area contributed by atoms with E-state index in [2.05, 4.69) is 9.97 Å². The Bertz CT molecular complexity index is 875. The molecule has 0 N–H and O–H groups in total. The highest BCUT2D eigenvalue weighted by atomic mass is 19.4. The number of para-hydroxylation sites is 1. The van der Waals surface area contributed by atoms with E-state index in [0.717, 1.165) is 6.07 Å². The molecule has 23 heavy (non-hydrogen) atoms. The van der Waals surface area contributed by atoms with Crippen LogP contribution in [0.5, 0.6) is 5.75 Å². The minimum absolute atomic E-state index is 0.150. The zero-order valence-corrected chi connectivity index (χ0v) is 12.5. The van der Waals surface area contributed by atoms with Crippen molar-refractivity contribution in [3.63, 3.8) is 0 Å². The van der Waals surface area contributed by atoms with Gasteiger partial charge in [0, 0.05) is 5.56 Å². The van der Waals surface area contributed by atoms with Crippen molar-refractivity contribution in [1.29, 1.82) is 0 Å².